The van der Waals surface area contributed by atoms with Gasteiger partial charge in [-0.25, -0.2) is 0 Å². The predicted octanol–water partition coefficient (Wildman–Crippen LogP) is 1.19. The SMILES string of the molecule is N=C(N)N1CCC(NC(=O)[C@H](Cc2cccc(O)c2)NC(=O)C(N)CC2CCCCC2)CC1. The van der Waals surface area contributed by atoms with Gasteiger partial charge in [0.05, 0.1) is 6.04 Å². The fraction of sp³-hybridized carbons (Fsp3) is 0.625. The maximum atomic E-state index is 13.2. The number of nitrogens with two attached hydrogens (primary N) is 2. The number of likely N-dealkylation sites (tertiary alicyclic amines) is 1. The molecule has 8 N–H and O–H groups in total. The number of nitrogens with zero attached hydrogens (tertiary/aromatic N) is 1. The third-order valence-electron chi connectivity index (χ3n) is 6.81. The smallest absolute Gasteiger partial charge is 0.243 e. The first-order valence-electron chi connectivity index (χ1n) is 12.0. The van der Waals surface area contributed by atoms with Crippen LogP contribution < -0.4 is 22.1 Å². The number of piperidine rings is 1. The Labute approximate surface area is 195 Å². The maximum absolute atomic E-state index is 13.2. The number of phenolic OH excluding ortho intramolecular Hbond substituents is 1. The van der Waals surface area contributed by atoms with Crippen molar-refractivity contribution in [2.75, 3.05) is 13.1 Å². The summed E-state index contributed by atoms with van der Waals surface area (Å²) < 4.78 is 0. The third-order valence-corrected chi connectivity index (χ3v) is 6.81. The van der Waals surface area contributed by atoms with Crippen molar-refractivity contribution in [3.05, 3.63) is 29.8 Å². The molecule has 1 saturated carbocycles. The van der Waals surface area contributed by atoms with Crippen molar-refractivity contribution in [1.82, 2.24) is 15.5 Å². The second-order valence-electron chi connectivity index (χ2n) is 9.44. The number of aromatic hydroxyl groups is 1. The standard InChI is InChI=1S/C24H38N6O3/c25-20(14-16-5-2-1-3-6-16)22(32)29-21(15-17-7-4-8-19(31)13-17)23(33)28-18-9-11-30(12-10-18)24(26)27/h4,7-8,13,16,18,20-21,31H,1-3,5-6,9-12,14-15,25H2,(H3,26,27)(H,28,33)(H,29,32)/t20?,21-/m0/s1. The molecule has 2 aliphatic rings. The van der Waals surface area contributed by atoms with Crippen LogP contribution in [0.3, 0.4) is 0 Å². The van der Waals surface area contributed by atoms with Crippen LogP contribution in [-0.4, -0.2) is 59.0 Å². The number of phenols is 1. The molecule has 9 nitrogen and oxygen atoms in total. The van der Waals surface area contributed by atoms with Crippen LogP contribution in [0.1, 0.15) is 56.9 Å². The van der Waals surface area contributed by atoms with E-state index >= 15 is 0 Å². The second-order valence-corrected chi connectivity index (χ2v) is 9.44. The van der Waals surface area contributed by atoms with E-state index in [-0.39, 0.29) is 36.0 Å². The first kappa shape index (κ1) is 24.8. The Morgan fingerprint density at radius 1 is 1.12 bits per heavy atom. The number of nitrogens with one attached hydrogen (secondary N) is 3. The maximum Gasteiger partial charge on any atom is 0.243 e. The molecule has 0 radical (unpaired) electrons. The van der Waals surface area contributed by atoms with Crippen molar-refractivity contribution in [2.45, 2.75) is 75.9 Å². The summed E-state index contributed by atoms with van der Waals surface area (Å²) in [6, 6.07) is 5.22. The lowest BCUT2D eigenvalue weighted by Gasteiger charge is -2.33. The Balaban J connectivity index is 1.61. The number of guanidine groups is 1. The van der Waals surface area contributed by atoms with Crippen molar-refractivity contribution in [3.63, 3.8) is 0 Å². The lowest BCUT2D eigenvalue weighted by Crippen LogP contribution is -2.56. The van der Waals surface area contributed by atoms with Gasteiger partial charge >= 0.3 is 0 Å². The number of hydrogen-bond acceptors (Lipinski definition) is 5. The summed E-state index contributed by atoms with van der Waals surface area (Å²) in [5.41, 5.74) is 12.5. The van der Waals surface area contributed by atoms with Gasteiger partial charge in [-0.05, 0) is 42.9 Å². The minimum Gasteiger partial charge on any atom is -0.508 e. The molecule has 33 heavy (non-hydrogen) atoms. The zero-order valence-corrected chi connectivity index (χ0v) is 19.3. The molecule has 1 aromatic rings. The van der Waals surface area contributed by atoms with E-state index in [2.05, 4.69) is 10.6 Å². The van der Waals surface area contributed by atoms with E-state index in [1.165, 1.54) is 19.3 Å². The Morgan fingerprint density at radius 2 is 1.82 bits per heavy atom. The van der Waals surface area contributed by atoms with Gasteiger partial charge in [-0.3, -0.25) is 15.0 Å². The first-order chi connectivity index (χ1) is 15.8. The van der Waals surface area contributed by atoms with Gasteiger partial charge in [-0.15, -0.1) is 0 Å². The fourth-order valence-corrected chi connectivity index (χ4v) is 4.86. The summed E-state index contributed by atoms with van der Waals surface area (Å²) in [6.07, 6.45) is 8.08. The van der Waals surface area contributed by atoms with Crippen LogP contribution >= 0.6 is 0 Å². The number of amides is 2. The number of carbonyl (C=O) groups excluding carboxylic acids is 2. The van der Waals surface area contributed by atoms with Crippen LogP contribution in [0.25, 0.3) is 0 Å². The largest absolute Gasteiger partial charge is 0.508 e. The van der Waals surface area contributed by atoms with Crippen molar-refractivity contribution < 1.29 is 14.7 Å². The van der Waals surface area contributed by atoms with E-state index < -0.39 is 12.1 Å². The highest BCUT2D eigenvalue weighted by Gasteiger charge is 2.29. The van der Waals surface area contributed by atoms with Crippen molar-refractivity contribution >= 4 is 17.8 Å². The zero-order chi connectivity index (χ0) is 23.8. The first-order valence-corrected chi connectivity index (χ1v) is 12.0. The molecular weight excluding hydrogens is 420 g/mol. The van der Waals surface area contributed by atoms with E-state index in [1.807, 2.05) is 6.07 Å². The molecule has 0 bridgehead atoms. The summed E-state index contributed by atoms with van der Waals surface area (Å²) >= 11 is 0. The molecule has 3 rings (SSSR count). The summed E-state index contributed by atoms with van der Waals surface area (Å²) in [5.74, 6) is 0.0405. The molecule has 0 spiro atoms. The summed E-state index contributed by atoms with van der Waals surface area (Å²) in [5, 5.41) is 23.3. The molecule has 2 fully saturated rings. The van der Waals surface area contributed by atoms with E-state index in [0.717, 1.165) is 18.4 Å². The molecule has 1 saturated heterocycles. The van der Waals surface area contributed by atoms with Gasteiger partial charge in [0, 0.05) is 25.6 Å². The summed E-state index contributed by atoms with van der Waals surface area (Å²) in [4.78, 5) is 27.8. The molecule has 1 heterocycles. The number of benzene rings is 1. The van der Waals surface area contributed by atoms with Gasteiger partial charge in [-0.2, -0.15) is 0 Å². The highest BCUT2D eigenvalue weighted by atomic mass is 16.3. The molecule has 2 atom stereocenters. The zero-order valence-electron chi connectivity index (χ0n) is 19.3. The average Bonchev–Trinajstić information content (AvgIpc) is 2.79. The van der Waals surface area contributed by atoms with Crippen LogP contribution in [-0.2, 0) is 16.0 Å². The summed E-state index contributed by atoms with van der Waals surface area (Å²) in [6.45, 7) is 1.21. The second kappa shape index (κ2) is 11.9. The Hall–Kier alpha value is -2.81. The highest BCUT2D eigenvalue weighted by Crippen LogP contribution is 2.27. The molecule has 1 aliphatic carbocycles. The molecule has 2 amide bonds. The van der Waals surface area contributed by atoms with Crippen molar-refractivity contribution in [1.29, 1.82) is 5.41 Å². The van der Waals surface area contributed by atoms with Gasteiger partial charge in [0.1, 0.15) is 11.8 Å². The number of hydrogen-bond donors (Lipinski definition) is 6. The molecule has 1 aliphatic heterocycles. The Morgan fingerprint density at radius 3 is 2.45 bits per heavy atom. The molecule has 0 aromatic heterocycles. The van der Waals surface area contributed by atoms with Gasteiger partial charge in [-0.1, -0.05) is 44.2 Å². The van der Waals surface area contributed by atoms with Crippen LogP contribution in [0.15, 0.2) is 24.3 Å². The van der Waals surface area contributed by atoms with E-state index in [4.69, 9.17) is 16.9 Å². The van der Waals surface area contributed by atoms with Gasteiger partial charge < -0.3 is 32.1 Å². The van der Waals surface area contributed by atoms with Gasteiger partial charge in [0.25, 0.3) is 0 Å². The van der Waals surface area contributed by atoms with E-state index in [1.54, 1.807) is 23.1 Å². The van der Waals surface area contributed by atoms with Gasteiger partial charge in [0.15, 0.2) is 5.96 Å². The van der Waals surface area contributed by atoms with Crippen LogP contribution in [0.2, 0.25) is 0 Å². The highest BCUT2D eigenvalue weighted by molar-refractivity contribution is 5.90. The Kier molecular flexibility index (Phi) is 8.94. The van der Waals surface area contributed by atoms with Crippen molar-refractivity contribution in [2.24, 2.45) is 17.4 Å². The predicted molar refractivity (Wildman–Crippen MR) is 128 cm³/mol. The summed E-state index contributed by atoms with van der Waals surface area (Å²) in [7, 11) is 0. The van der Waals surface area contributed by atoms with E-state index in [0.29, 0.717) is 38.3 Å². The molecule has 182 valence electrons. The number of carbonyl (C=O) groups is 2. The molecule has 1 aromatic carbocycles. The molecule has 9 heteroatoms. The van der Waals surface area contributed by atoms with Crippen LogP contribution in [0.4, 0.5) is 0 Å². The topological polar surface area (TPSA) is 158 Å². The minimum atomic E-state index is -0.789. The monoisotopic (exact) mass is 458 g/mol. The third kappa shape index (κ3) is 7.63. The Bertz CT molecular complexity index is 818. The quantitative estimate of drug-likeness (QED) is 0.254. The van der Waals surface area contributed by atoms with Crippen LogP contribution in [0, 0.1) is 11.3 Å². The fourth-order valence-electron chi connectivity index (χ4n) is 4.86. The normalized spacial score (nSPS) is 19.5. The lowest BCUT2D eigenvalue weighted by molar-refractivity contribution is -0.130. The molecule has 1 unspecified atom stereocenters. The minimum absolute atomic E-state index is 0.0424. The van der Waals surface area contributed by atoms with Crippen molar-refractivity contribution in [3.8, 4) is 5.75 Å². The van der Waals surface area contributed by atoms with Crippen LogP contribution in [0.5, 0.6) is 5.75 Å². The van der Waals surface area contributed by atoms with E-state index in [9.17, 15) is 14.7 Å². The molecular formula is C24H38N6O3. The lowest BCUT2D eigenvalue weighted by atomic mass is 9.85. The number of rotatable bonds is 8. The average molecular weight is 459 g/mol. The van der Waals surface area contributed by atoms with Gasteiger partial charge in [0.2, 0.25) is 11.8 Å².